The first-order valence-electron chi connectivity index (χ1n) is 21.4. The van der Waals surface area contributed by atoms with E-state index in [1.54, 1.807) is 7.05 Å². The van der Waals surface area contributed by atoms with E-state index < -0.39 is 52.0 Å². The van der Waals surface area contributed by atoms with Crippen LogP contribution in [0, 0.1) is 21.7 Å². The number of amides is 6. The molecule has 0 unspecified atom stereocenters. The summed E-state index contributed by atoms with van der Waals surface area (Å²) in [6, 6.07) is 0. The van der Waals surface area contributed by atoms with E-state index in [4.69, 9.17) is 28.7 Å². The Morgan fingerprint density at radius 1 is 0.565 bits per heavy atom. The largest absolute Gasteiger partial charge is 0.372 e. The van der Waals surface area contributed by atoms with Crippen molar-refractivity contribution in [2.75, 3.05) is 59.9 Å². The summed E-state index contributed by atoms with van der Waals surface area (Å²) in [4.78, 5) is 112. The Morgan fingerprint density at radius 2 is 0.952 bits per heavy atom. The van der Waals surface area contributed by atoms with Gasteiger partial charge < -0.3 is 34.5 Å². The number of carbonyl (C=O) groups is 8. The second-order valence-corrected chi connectivity index (χ2v) is 20.0. The van der Waals surface area contributed by atoms with Crippen molar-refractivity contribution in [1.29, 1.82) is 0 Å². The van der Waals surface area contributed by atoms with Crippen molar-refractivity contribution in [3.63, 3.8) is 0 Å². The Morgan fingerprint density at radius 3 is 1.35 bits per heavy atom. The van der Waals surface area contributed by atoms with Crippen molar-refractivity contribution in [3.8, 4) is 0 Å². The van der Waals surface area contributed by atoms with Gasteiger partial charge in [0, 0.05) is 52.4 Å². The van der Waals surface area contributed by atoms with Crippen LogP contribution in [0.25, 0.3) is 0 Å². The molecule has 62 heavy (non-hydrogen) atoms. The van der Waals surface area contributed by atoms with Crippen LogP contribution in [0.5, 0.6) is 0 Å². The molecule has 2 rings (SSSR count). The van der Waals surface area contributed by atoms with Crippen LogP contribution < -0.4 is 10.6 Å². The second kappa shape index (κ2) is 24.1. The van der Waals surface area contributed by atoms with Crippen molar-refractivity contribution in [2.45, 2.75) is 145 Å². The maximum Gasteiger partial charge on any atom is 0.333 e. The van der Waals surface area contributed by atoms with Gasteiger partial charge in [-0.15, -0.1) is 10.1 Å². The first-order valence-corrected chi connectivity index (χ1v) is 21.4. The van der Waals surface area contributed by atoms with E-state index in [0.29, 0.717) is 61.9 Å². The molecule has 2 heterocycles. The fourth-order valence-electron chi connectivity index (χ4n) is 7.72. The lowest BCUT2D eigenvalue weighted by Crippen LogP contribution is -2.36. The van der Waals surface area contributed by atoms with E-state index in [1.165, 1.54) is 5.06 Å². The molecule has 2 fully saturated rings. The summed E-state index contributed by atoms with van der Waals surface area (Å²) >= 11 is 0. The van der Waals surface area contributed by atoms with Crippen LogP contribution in [0.1, 0.15) is 140 Å². The van der Waals surface area contributed by atoms with Crippen LogP contribution in [0.15, 0.2) is 0 Å². The van der Waals surface area contributed by atoms with Crippen molar-refractivity contribution < 1.29 is 67.1 Å². The number of imide groups is 2. The van der Waals surface area contributed by atoms with Gasteiger partial charge in [-0.05, 0) is 67.6 Å². The number of hydroxylamine groups is 6. The number of ether oxygens (including phenoxy) is 3. The third kappa shape index (κ3) is 21.8. The molecule has 354 valence electrons. The Kier molecular flexibility index (Phi) is 21.1. The van der Waals surface area contributed by atoms with Gasteiger partial charge in [0.25, 0.3) is 23.6 Å². The minimum absolute atomic E-state index is 0.0265. The summed E-state index contributed by atoms with van der Waals surface area (Å²) in [5.41, 5.74) is -1.98. The predicted molar refractivity (Wildman–Crippen MR) is 223 cm³/mol. The zero-order valence-electron chi connectivity index (χ0n) is 39.0. The van der Waals surface area contributed by atoms with Gasteiger partial charge in [-0.3, -0.25) is 33.6 Å². The first-order chi connectivity index (χ1) is 28.6. The van der Waals surface area contributed by atoms with Gasteiger partial charge >= 0.3 is 11.9 Å². The summed E-state index contributed by atoms with van der Waals surface area (Å²) < 4.78 is 17.0. The number of nitrogens with zero attached hydrogens (tertiary/aromatic N) is 3. The Hall–Kier alpha value is -4.04. The lowest BCUT2D eigenvalue weighted by atomic mass is 9.72. The predicted octanol–water partition coefficient (Wildman–Crippen LogP) is 3.92. The van der Waals surface area contributed by atoms with E-state index in [0.717, 1.165) is 0 Å². The molecule has 2 N–H and O–H groups in total. The highest BCUT2D eigenvalue weighted by molar-refractivity contribution is 6.02. The standard InChI is InChI=1S/C43H73N5O14/c1-39(2,28-41(5,6)24-37(55)61-47-33(51)12-13-34(47)52)16-19-44-31(49)26-57-21-18-43(9,10)59-30-46(11)60-23-22-58-27-32(50)45-20-17-40(3,4)29-42(7,8)25-38(56)62-48-35(53)14-15-36(48)54/h12-30H2,1-11H3,(H,44,49)(H,45,50). The van der Waals surface area contributed by atoms with Gasteiger partial charge in [0.1, 0.15) is 19.9 Å². The van der Waals surface area contributed by atoms with Crippen molar-refractivity contribution >= 4 is 47.4 Å². The fraction of sp³-hybridized carbons (Fsp3) is 0.814. The molecule has 2 saturated heterocycles. The lowest BCUT2D eigenvalue weighted by Gasteiger charge is -2.34. The van der Waals surface area contributed by atoms with E-state index >= 15 is 0 Å². The van der Waals surface area contributed by atoms with Crippen molar-refractivity contribution in [3.05, 3.63) is 0 Å². The van der Waals surface area contributed by atoms with E-state index in [2.05, 4.69) is 10.6 Å². The van der Waals surface area contributed by atoms with Gasteiger partial charge in [-0.2, -0.15) is 5.06 Å². The zero-order valence-corrected chi connectivity index (χ0v) is 39.0. The number of rotatable bonds is 30. The van der Waals surface area contributed by atoms with Crippen LogP contribution in [0.3, 0.4) is 0 Å². The molecule has 2 aliphatic rings. The van der Waals surface area contributed by atoms with Crippen LogP contribution in [0.4, 0.5) is 0 Å². The Bertz CT molecular complexity index is 1540. The smallest absolute Gasteiger partial charge is 0.333 e. The number of nitrogens with one attached hydrogen (secondary N) is 2. The van der Waals surface area contributed by atoms with E-state index in [-0.39, 0.29) is 94.3 Å². The molecule has 0 bridgehead atoms. The van der Waals surface area contributed by atoms with Gasteiger partial charge in [0.15, 0.2) is 0 Å². The molecule has 0 aromatic rings. The Labute approximate surface area is 366 Å². The monoisotopic (exact) mass is 884 g/mol. The molecule has 19 heteroatoms. The summed E-state index contributed by atoms with van der Waals surface area (Å²) in [5, 5.41) is 8.38. The number of carbonyl (C=O) groups excluding carboxylic acids is 8. The molecule has 19 nitrogen and oxygen atoms in total. The average molecular weight is 884 g/mol. The second-order valence-electron chi connectivity index (χ2n) is 20.0. The molecule has 0 aromatic heterocycles. The van der Waals surface area contributed by atoms with Crippen LogP contribution in [0.2, 0.25) is 0 Å². The summed E-state index contributed by atoms with van der Waals surface area (Å²) in [7, 11) is 1.71. The third-order valence-electron chi connectivity index (χ3n) is 10.3. The van der Waals surface area contributed by atoms with Crippen LogP contribution >= 0.6 is 0 Å². The summed E-state index contributed by atoms with van der Waals surface area (Å²) in [5.74, 6) is -3.83. The molecule has 0 radical (unpaired) electrons. The first kappa shape index (κ1) is 54.1. The minimum atomic E-state index is -0.638. The normalized spacial score (nSPS) is 15.5. The van der Waals surface area contributed by atoms with Crippen molar-refractivity contribution in [2.24, 2.45) is 21.7 Å². The SMILES string of the molecule is CN(COC(C)(C)CCOCC(=O)NCCC(C)(C)CC(C)(C)CC(=O)ON1C(=O)CCC1=O)OCCOCC(=O)NCCC(C)(C)CC(C)(C)CC(=O)ON1C(=O)CCC1=O. The van der Waals surface area contributed by atoms with Crippen LogP contribution in [-0.4, -0.2) is 128 Å². The van der Waals surface area contributed by atoms with Gasteiger partial charge in [0.05, 0.1) is 31.7 Å². The fourth-order valence-corrected chi connectivity index (χ4v) is 7.72. The lowest BCUT2D eigenvalue weighted by molar-refractivity contribution is -0.222. The molecule has 0 atom stereocenters. The molecule has 2 aliphatic heterocycles. The summed E-state index contributed by atoms with van der Waals surface area (Å²) in [6.45, 7) is 21.1. The Balaban J connectivity index is 1.52. The number of hydrogen-bond acceptors (Lipinski definition) is 15. The highest BCUT2D eigenvalue weighted by Gasteiger charge is 2.38. The van der Waals surface area contributed by atoms with Gasteiger partial charge in [-0.25, -0.2) is 9.59 Å². The molecule has 6 amide bonds. The quantitative estimate of drug-likeness (QED) is 0.0451. The molecule has 0 spiro atoms. The average Bonchev–Trinajstić information content (AvgIpc) is 3.61. The molecule has 0 aromatic carbocycles. The number of hydrogen-bond donors (Lipinski definition) is 2. The summed E-state index contributed by atoms with van der Waals surface area (Å²) in [6.07, 6.45) is 3.31. The molecular weight excluding hydrogens is 810 g/mol. The van der Waals surface area contributed by atoms with Crippen LogP contribution in [-0.2, 0) is 67.1 Å². The maximum absolute atomic E-state index is 12.4. The van der Waals surface area contributed by atoms with E-state index in [9.17, 15) is 38.4 Å². The van der Waals surface area contributed by atoms with Gasteiger partial charge in [0.2, 0.25) is 11.8 Å². The highest BCUT2D eigenvalue weighted by atomic mass is 16.7. The zero-order chi connectivity index (χ0) is 46.9. The molecule has 0 saturated carbocycles. The van der Waals surface area contributed by atoms with E-state index in [1.807, 2.05) is 69.2 Å². The molecule has 0 aliphatic carbocycles. The maximum atomic E-state index is 12.4. The highest BCUT2D eigenvalue weighted by Crippen LogP contribution is 2.40. The molecular formula is C43H73N5O14. The minimum Gasteiger partial charge on any atom is -0.372 e. The third-order valence-corrected chi connectivity index (χ3v) is 10.3. The van der Waals surface area contributed by atoms with Gasteiger partial charge in [-0.1, -0.05) is 55.4 Å². The van der Waals surface area contributed by atoms with Crippen molar-refractivity contribution in [1.82, 2.24) is 25.8 Å². The topological polar surface area (TPSA) is 226 Å².